The van der Waals surface area contributed by atoms with Gasteiger partial charge in [-0.2, -0.15) is 0 Å². The van der Waals surface area contributed by atoms with Crippen molar-refractivity contribution in [3.8, 4) is 17.2 Å². The summed E-state index contributed by atoms with van der Waals surface area (Å²) in [6, 6.07) is 11.2. The van der Waals surface area contributed by atoms with Crippen molar-refractivity contribution >= 4 is 37.8 Å². The van der Waals surface area contributed by atoms with Crippen LogP contribution in [0.1, 0.15) is 5.56 Å². The van der Waals surface area contributed by atoms with Gasteiger partial charge in [-0.25, -0.2) is 0 Å². The summed E-state index contributed by atoms with van der Waals surface area (Å²) in [6.45, 7) is 0.478. The highest BCUT2D eigenvalue weighted by Crippen LogP contribution is 2.28. The molecule has 0 saturated carbocycles. The van der Waals surface area contributed by atoms with E-state index in [2.05, 4.69) is 37.2 Å². The van der Waals surface area contributed by atoms with Crippen LogP contribution in [0.15, 0.2) is 45.3 Å². The first-order chi connectivity index (χ1) is 12.0. The summed E-state index contributed by atoms with van der Waals surface area (Å²) in [5.74, 6) is 1.81. The fraction of sp³-hybridized carbons (Fsp3) is 0.278. The van der Waals surface area contributed by atoms with Gasteiger partial charge in [0, 0.05) is 11.0 Å². The van der Waals surface area contributed by atoms with Gasteiger partial charge in [-0.05, 0) is 58.2 Å². The number of nitrogens with one attached hydrogen (secondary N) is 1. The highest BCUT2D eigenvalue weighted by Gasteiger charge is 2.07. The third-order valence-corrected chi connectivity index (χ3v) is 4.55. The van der Waals surface area contributed by atoms with Crippen molar-refractivity contribution in [1.29, 1.82) is 0 Å². The zero-order valence-corrected chi connectivity index (χ0v) is 17.1. The Morgan fingerprint density at radius 1 is 1.00 bits per heavy atom. The summed E-state index contributed by atoms with van der Waals surface area (Å²) >= 11 is 6.77. The van der Waals surface area contributed by atoms with Gasteiger partial charge in [0.25, 0.3) is 5.91 Å². The molecule has 0 unspecified atom stereocenters. The second-order valence-electron chi connectivity index (χ2n) is 5.15. The molecule has 0 aliphatic rings. The Hall–Kier alpha value is -1.73. The largest absolute Gasteiger partial charge is 0.493 e. The first-order valence-corrected chi connectivity index (χ1v) is 9.17. The average molecular weight is 473 g/mol. The molecule has 0 aliphatic carbocycles. The Bertz CT molecular complexity index is 737. The summed E-state index contributed by atoms with van der Waals surface area (Å²) < 4.78 is 17.7. The molecule has 0 radical (unpaired) electrons. The molecule has 0 spiro atoms. The Kier molecular flexibility index (Phi) is 7.58. The van der Waals surface area contributed by atoms with E-state index < -0.39 is 0 Å². The number of methoxy groups -OCH3 is 2. The maximum atomic E-state index is 11.9. The van der Waals surface area contributed by atoms with Crippen molar-refractivity contribution in [3.05, 3.63) is 50.9 Å². The van der Waals surface area contributed by atoms with Gasteiger partial charge in [0.1, 0.15) is 5.75 Å². The van der Waals surface area contributed by atoms with Crippen molar-refractivity contribution in [2.24, 2.45) is 0 Å². The van der Waals surface area contributed by atoms with Crippen LogP contribution in [0.5, 0.6) is 17.2 Å². The minimum absolute atomic E-state index is 0.0355. The Labute approximate surface area is 163 Å². The van der Waals surface area contributed by atoms with Crippen molar-refractivity contribution in [3.63, 3.8) is 0 Å². The number of ether oxygens (including phenoxy) is 3. The zero-order chi connectivity index (χ0) is 18.2. The molecule has 1 N–H and O–H groups in total. The number of carbonyl (C=O) groups is 1. The molecular formula is C18H19Br2NO4. The lowest BCUT2D eigenvalue weighted by atomic mass is 10.1. The van der Waals surface area contributed by atoms with Crippen LogP contribution in [-0.4, -0.2) is 33.3 Å². The first kappa shape index (κ1) is 19.6. The maximum Gasteiger partial charge on any atom is 0.257 e. The van der Waals surface area contributed by atoms with Gasteiger partial charge in [0.15, 0.2) is 18.1 Å². The smallest absolute Gasteiger partial charge is 0.257 e. The fourth-order valence-corrected chi connectivity index (χ4v) is 3.33. The average Bonchev–Trinajstić information content (AvgIpc) is 2.60. The molecule has 0 aliphatic heterocycles. The van der Waals surface area contributed by atoms with E-state index in [1.165, 1.54) is 0 Å². The lowest BCUT2D eigenvalue weighted by molar-refractivity contribution is -0.123. The molecule has 25 heavy (non-hydrogen) atoms. The summed E-state index contributed by atoms with van der Waals surface area (Å²) in [6.07, 6.45) is 0.689. The van der Waals surface area contributed by atoms with Crippen LogP contribution in [0.3, 0.4) is 0 Å². The molecule has 2 aromatic carbocycles. The van der Waals surface area contributed by atoms with Crippen LogP contribution in [0.4, 0.5) is 0 Å². The molecular weight excluding hydrogens is 454 g/mol. The number of carbonyl (C=O) groups excluding carboxylic acids is 1. The molecule has 5 nitrogen and oxygen atoms in total. The highest BCUT2D eigenvalue weighted by molar-refractivity contribution is 9.11. The van der Waals surface area contributed by atoms with Crippen LogP contribution >= 0.6 is 31.9 Å². The Morgan fingerprint density at radius 3 is 2.40 bits per heavy atom. The Balaban J connectivity index is 1.78. The number of hydrogen-bond donors (Lipinski definition) is 1. The quantitative estimate of drug-likeness (QED) is 0.631. The Morgan fingerprint density at radius 2 is 1.72 bits per heavy atom. The molecule has 2 rings (SSSR count). The minimum atomic E-state index is -0.171. The predicted octanol–water partition coefficient (Wildman–Crippen LogP) is 3.97. The van der Waals surface area contributed by atoms with Crippen molar-refractivity contribution < 1.29 is 19.0 Å². The van der Waals surface area contributed by atoms with E-state index in [1.807, 2.05) is 30.3 Å². The van der Waals surface area contributed by atoms with Gasteiger partial charge in [-0.1, -0.05) is 22.0 Å². The third-order valence-electron chi connectivity index (χ3n) is 3.44. The summed E-state index contributed by atoms with van der Waals surface area (Å²) in [4.78, 5) is 11.9. The molecule has 0 saturated heterocycles. The van der Waals surface area contributed by atoms with E-state index in [0.717, 1.165) is 14.5 Å². The molecule has 0 bridgehead atoms. The highest BCUT2D eigenvalue weighted by atomic mass is 79.9. The predicted molar refractivity (Wildman–Crippen MR) is 104 cm³/mol. The van der Waals surface area contributed by atoms with Gasteiger partial charge in [0.2, 0.25) is 0 Å². The van der Waals surface area contributed by atoms with Gasteiger partial charge < -0.3 is 19.5 Å². The van der Waals surface area contributed by atoms with E-state index >= 15 is 0 Å². The summed E-state index contributed by atoms with van der Waals surface area (Å²) in [5, 5.41) is 2.84. The standard InChI is InChI=1S/C18H19Br2NO4/c1-23-16-5-3-12(9-17(16)24-2)7-8-21-18(22)11-25-15-6-4-13(19)10-14(15)20/h3-6,9-10H,7-8,11H2,1-2H3,(H,21,22). The van der Waals surface area contributed by atoms with Crippen molar-refractivity contribution in [2.45, 2.75) is 6.42 Å². The second-order valence-corrected chi connectivity index (χ2v) is 6.92. The lowest BCUT2D eigenvalue weighted by Crippen LogP contribution is -2.30. The maximum absolute atomic E-state index is 11.9. The molecule has 0 heterocycles. The first-order valence-electron chi connectivity index (χ1n) is 7.59. The lowest BCUT2D eigenvalue weighted by Gasteiger charge is -2.11. The fourth-order valence-electron chi connectivity index (χ4n) is 2.17. The topological polar surface area (TPSA) is 56.8 Å². The van der Waals surface area contributed by atoms with Crippen LogP contribution < -0.4 is 19.5 Å². The number of amides is 1. The van der Waals surface area contributed by atoms with Crippen LogP contribution in [0, 0.1) is 0 Å². The summed E-state index contributed by atoms with van der Waals surface area (Å²) in [7, 11) is 3.20. The third kappa shape index (κ3) is 5.93. The molecule has 2 aromatic rings. The van der Waals surface area contributed by atoms with E-state index in [-0.39, 0.29) is 12.5 Å². The molecule has 0 atom stereocenters. The minimum Gasteiger partial charge on any atom is -0.493 e. The number of halogens is 2. The van der Waals surface area contributed by atoms with Gasteiger partial charge in [0.05, 0.1) is 18.7 Å². The van der Waals surface area contributed by atoms with E-state index in [0.29, 0.717) is 30.2 Å². The molecule has 0 fully saturated rings. The monoisotopic (exact) mass is 471 g/mol. The van der Waals surface area contributed by atoms with Gasteiger partial charge in [-0.3, -0.25) is 4.79 Å². The molecule has 0 aromatic heterocycles. The van der Waals surface area contributed by atoms with Gasteiger partial charge in [-0.15, -0.1) is 0 Å². The van der Waals surface area contributed by atoms with Gasteiger partial charge >= 0.3 is 0 Å². The molecule has 134 valence electrons. The normalized spacial score (nSPS) is 10.2. The second kappa shape index (κ2) is 9.68. The van der Waals surface area contributed by atoms with Crippen LogP contribution in [0.25, 0.3) is 0 Å². The number of hydrogen-bond acceptors (Lipinski definition) is 4. The van der Waals surface area contributed by atoms with E-state index in [9.17, 15) is 4.79 Å². The van der Waals surface area contributed by atoms with E-state index in [1.54, 1.807) is 20.3 Å². The summed E-state index contributed by atoms with van der Waals surface area (Å²) in [5.41, 5.74) is 1.05. The molecule has 7 heteroatoms. The number of benzene rings is 2. The zero-order valence-electron chi connectivity index (χ0n) is 14.0. The molecule has 1 amide bonds. The van der Waals surface area contributed by atoms with E-state index in [4.69, 9.17) is 14.2 Å². The van der Waals surface area contributed by atoms with Crippen LogP contribution in [0.2, 0.25) is 0 Å². The van der Waals surface area contributed by atoms with Crippen molar-refractivity contribution in [1.82, 2.24) is 5.32 Å². The van der Waals surface area contributed by atoms with Crippen LogP contribution in [-0.2, 0) is 11.2 Å². The number of rotatable bonds is 8. The SMILES string of the molecule is COc1ccc(CCNC(=O)COc2ccc(Br)cc2Br)cc1OC. The van der Waals surface area contributed by atoms with Crippen molar-refractivity contribution in [2.75, 3.05) is 27.4 Å².